The van der Waals surface area contributed by atoms with Gasteiger partial charge >= 0.3 is 0 Å². The van der Waals surface area contributed by atoms with Crippen LogP contribution >= 0.6 is 0 Å². The van der Waals surface area contributed by atoms with Crippen LogP contribution < -0.4 is 10.1 Å². The summed E-state index contributed by atoms with van der Waals surface area (Å²) in [4.78, 5) is 10.5. The maximum Gasteiger partial charge on any atom is 0.150 e. The van der Waals surface area contributed by atoms with Crippen LogP contribution in [0.4, 0.5) is 0 Å². The molecule has 1 aromatic rings. The van der Waals surface area contributed by atoms with Crippen molar-refractivity contribution in [3.8, 4) is 5.75 Å². The molecule has 0 bridgehead atoms. The monoisotopic (exact) mass is 177 g/mol. The lowest BCUT2D eigenvalue weighted by molar-refractivity contribution is 0.112. The number of carbonyl (C=O) groups excluding carboxylic acids is 1. The molecule has 3 nitrogen and oxygen atoms in total. The summed E-state index contributed by atoms with van der Waals surface area (Å²) >= 11 is 0. The van der Waals surface area contributed by atoms with Crippen LogP contribution in [0.5, 0.6) is 5.75 Å². The molecule has 0 unspecified atom stereocenters. The number of ether oxygens (including phenoxy) is 1. The van der Waals surface area contributed by atoms with Crippen LogP contribution in [-0.4, -0.2) is 25.5 Å². The standard InChI is InChI=1S/C10H11NO2/c12-7-8-2-1-3-9(4-8)13-10-5-11-6-10/h1-4,7,10-11H,5-6H2. The van der Waals surface area contributed by atoms with Crippen molar-refractivity contribution < 1.29 is 9.53 Å². The Hall–Kier alpha value is -1.35. The zero-order valence-electron chi connectivity index (χ0n) is 7.19. The lowest BCUT2D eigenvalue weighted by atomic mass is 10.2. The number of benzene rings is 1. The Labute approximate surface area is 76.7 Å². The highest BCUT2D eigenvalue weighted by Crippen LogP contribution is 2.14. The summed E-state index contributed by atoms with van der Waals surface area (Å²) in [5, 5.41) is 3.12. The molecule has 1 fully saturated rings. The van der Waals surface area contributed by atoms with Gasteiger partial charge < -0.3 is 10.1 Å². The van der Waals surface area contributed by atoms with Crippen LogP contribution in [0.3, 0.4) is 0 Å². The summed E-state index contributed by atoms with van der Waals surface area (Å²) in [6.45, 7) is 1.79. The van der Waals surface area contributed by atoms with Crippen LogP contribution in [0.2, 0.25) is 0 Å². The molecule has 1 aliphatic rings. The van der Waals surface area contributed by atoms with Gasteiger partial charge in [-0.1, -0.05) is 12.1 Å². The summed E-state index contributed by atoms with van der Waals surface area (Å²) in [7, 11) is 0. The molecule has 0 saturated carbocycles. The Morgan fingerprint density at radius 3 is 2.92 bits per heavy atom. The summed E-state index contributed by atoms with van der Waals surface area (Å²) in [5.74, 6) is 0.774. The zero-order chi connectivity index (χ0) is 9.10. The number of rotatable bonds is 3. The Balaban J connectivity index is 2.05. The summed E-state index contributed by atoms with van der Waals surface area (Å²) in [6.07, 6.45) is 1.09. The average molecular weight is 177 g/mol. The number of nitrogens with one attached hydrogen (secondary N) is 1. The molecule has 3 heteroatoms. The maximum absolute atomic E-state index is 10.5. The molecule has 68 valence electrons. The van der Waals surface area contributed by atoms with Crippen molar-refractivity contribution in [2.45, 2.75) is 6.10 Å². The highest BCUT2D eigenvalue weighted by Gasteiger charge is 2.17. The van der Waals surface area contributed by atoms with E-state index < -0.39 is 0 Å². The smallest absolute Gasteiger partial charge is 0.150 e. The van der Waals surface area contributed by atoms with E-state index in [1.165, 1.54) is 0 Å². The third kappa shape index (κ3) is 1.87. The van der Waals surface area contributed by atoms with Crippen LogP contribution in [0.15, 0.2) is 24.3 Å². The summed E-state index contributed by atoms with van der Waals surface area (Å²) < 4.78 is 5.57. The quantitative estimate of drug-likeness (QED) is 0.695. The largest absolute Gasteiger partial charge is 0.488 e. The Morgan fingerprint density at radius 2 is 2.31 bits per heavy atom. The molecule has 1 saturated heterocycles. The number of aldehydes is 1. The molecule has 0 radical (unpaired) electrons. The van der Waals surface area contributed by atoms with Crippen molar-refractivity contribution in [3.63, 3.8) is 0 Å². The van der Waals surface area contributed by atoms with Crippen LogP contribution in [0.25, 0.3) is 0 Å². The van der Waals surface area contributed by atoms with Gasteiger partial charge in [0, 0.05) is 18.7 Å². The third-order valence-electron chi connectivity index (χ3n) is 2.04. The van der Waals surface area contributed by atoms with Crippen molar-refractivity contribution in [3.05, 3.63) is 29.8 Å². The van der Waals surface area contributed by atoms with Gasteiger partial charge in [0.15, 0.2) is 0 Å². The fourth-order valence-electron chi connectivity index (χ4n) is 1.20. The van der Waals surface area contributed by atoms with Crippen LogP contribution in [0.1, 0.15) is 10.4 Å². The second-order valence-corrected chi connectivity index (χ2v) is 3.09. The molecule has 1 aliphatic heterocycles. The molecular formula is C10H11NO2. The topological polar surface area (TPSA) is 38.3 Å². The van der Waals surface area contributed by atoms with Gasteiger partial charge in [0.2, 0.25) is 0 Å². The molecule has 2 rings (SSSR count). The molecule has 1 heterocycles. The molecule has 0 atom stereocenters. The first kappa shape index (κ1) is 8.26. The Morgan fingerprint density at radius 1 is 1.46 bits per heavy atom. The van der Waals surface area contributed by atoms with Crippen molar-refractivity contribution >= 4 is 6.29 Å². The van der Waals surface area contributed by atoms with E-state index in [0.29, 0.717) is 5.56 Å². The van der Waals surface area contributed by atoms with Crippen LogP contribution in [0, 0.1) is 0 Å². The van der Waals surface area contributed by atoms with Gasteiger partial charge in [0.1, 0.15) is 18.1 Å². The number of hydrogen-bond donors (Lipinski definition) is 1. The molecule has 1 N–H and O–H groups in total. The van der Waals surface area contributed by atoms with E-state index in [-0.39, 0.29) is 6.10 Å². The highest BCUT2D eigenvalue weighted by molar-refractivity contribution is 5.75. The van der Waals surface area contributed by atoms with Crippen molar-refractivity contribution in [2.75, 3.05) is 13.1 Å². The SMILES string of the molecule is O=Cc1cccc(OC2CNC2)c1. The van der Waals surface area contributed by atoms with E-state index >= 15 is 0 Å². The maximum atomic E-state index is 10.5. The fourth-order valence-corrected chi connectivity index (χ4v) is 1.20. The molecule has 0 aromatic heterocycles. The lowest BCUT2D eigenvalue weighted by Gasteiger charge is -2.27. The minimum Gasteiger partial charge on any atom is -0.488 e. The third-order valence-corrected chi connectivity index (χ3v) is 2.04. The van der Waals surface area contributed by atoms with E-state index in [4.69, 9.17) is 4.74 Å². The van der Waals surface area contributed by atoms with Crippen molar-refractivity contribution in [1.29, 1.82) is 0 Å². The highest BCUT2D eigenvalue weighted by atomic mass is 16.5. The predicted octanol–water partition coefficient (Wildman–Crippen LogP) is 0.850. The van der Waals surface area contributed by atoms with Crippen molar-refractivity contribution in [1.82, 2.24) is 5.32 Å². The van der Waals surface area contributed by atoms with E-state index in [0.717, 1.165) is 25.1 Å². The molecule has 13 heavy (non-hydrogen) atoms. The Bertz CT molecular complexity index is 308. The van der Waals surface area contributed by atoms with Crippen LogP contribution in [-0.2, 0) is 0 Å². The van der Waals surface area contributed by atoms with Gasteiger partial charge in [-0.05, 0) is 12.1 Å². The fraction of sp³-hybridized carbons (Fsp3) is 0.300. The van der Waals surface area contributed by atoms with Gasteiger partial charge in [0.25, 0.3) is 0 Å². The first-order valence-corrected chi connectivity index (χ1v) is 4.31. The minimum absolute atomic E-state index is 0.266. The molecule has 1 aromatic carbocycles. The van der Waals surface area contributed by atoms with Crippen molar-refractivity contribution in [2.24, 2.45) is 0 Å². The zero-order valence-corrected chi connectivity index (χ0v) is 7.19. The van der Waals surface area contributed by atoms with Gasteiger partial charge in [-0.15, -0.1) is 0 Å². The predicted molar refractivity (Wildman–Crippen MR) is 49.1 cm³/mol. The van der Waals surface area contributed by atoms with E-state index in [1.807, 2.05) is 12.1 Å². The first-order valence-electron chi connectivity index (χ1n) is 4.31. The normalized spacial score (nSPS) is 16.3. The minimum atomic E-state index is 0.266. The first-order chi connectivity index (χ1) is 6.38. The second kappa shape index (κ2) is 3.58. The molecule has 0 spiro atoms. The van der Waals surface area contributed by atoms with Gasteiger partial charge in [-0.3, -0.25) is 4.79 Å². The number of carbonyl (C=O) groups is 1. The van der Waals surface area contributed by atoms with Gasteiger partial charge in [-0.2, -0.15) is 0 Å². The molecular weight excluding hydrogens is 166 g/mol. The van der Waals surface area contributed by atoms with Gasteiger partial charge in [-0.25, -0.2) is 0 Å². The number of hydrogen-bond acceptors (Lipinski definition) is 3. The van der Waals surface area contributed by atoms with E-state index in [1.54, 1.807) is 12.1 Å². The lowest BCUT2D eigenvalue weighted by Crippen LogP contribution is -2.50. The van der Waals surface area contributed by atoms with E-state index in [2.05, 4.69) is 5.32 Å². The molecule has 0 amide bonds. The molecule has 0 aliphatic carbocycles. The summed E-state index contributed by atoms with van der Waals surface area (Å²) in [5.41, 5.74) is 0.657. The average Bonchev–Trinajstić information content (AvgIpc) is 2.12. The Kier molecular flexibility index (Phi) is 2.27. The van der Waals surface area contributed by atoms with Gasteiger partial charge in [0.05, 0.1) is 0 Å². The summed E-state index contributed by atoms with van der Waals surface area (Å²) in [6, 6.07) is 7.21. The second-order valence-electron chi connectivity index (χ2n) is 3.09. The van der Waals surface area contributed by atoms with E-state index in [9.17, 15) is 4.79 Å².